The molecule has 0 saturated heterocycles. The fourth-order valence-electron chi connectivity index (χ4n) is 1.48. The van der Waals surface area contributed by atoms with Gasteiger partial charge in [-0.15, -0.1) is 5.06 Å². The molecule has 1 amide bonds. The van der Waals surface area contributed by atoms with E-state index in [0.29, 0.717) is 9.63 Å². The molecule has 9 heteroatoms. The molecule has 0 aromatic carbocycles. The smallest absolute Gasteiger partial charge is 0.440 e. The molecular formula is C14H20N4O5. The lowest BCUT2D eigenvalue weighted by molar-refractivity contribution is -0.0363. The second-order valence-corrected chi connectivity index (χ2v) is 6.66. The Morgan fingerprint density at radius 1 is 1.26 bits per heavy atom. The van der Waals surface area contributed by atoms with E-state index in [-0.39, 0.29) is 11.5 Å². The number of aromatic nitrogens is 2. The van der Waals surface area contributed by atoms with Gasteiger partial charge in [0.25, 0.3) is 0 Å². The number of hydrogen-bond acceptors (Lipinski definition) is 6. The monoisotopic (exact) mass is 324 g/mol. The molecule has 1 aromatic rings. The minimum atomic E-state index is -1.40. The Labute approximate surface area is 134 Å². The summed E-state index contributed by atoms with van der Waals surface area (Å²) in [6, 6.07) is 1.70. The van der Waals surface area contributed by atoms with Crippen LogP contribution in [0.4, 0.5) is 15.4 Å². The van der Waals surface area contributed by atoms with Crippen LogP contribution in [0.3, 0.4) is 0 Å². The van der Waals surface area contributed by atoms with Crippen molar-refractivity contribution in [2.45, 2.75) is 52.7 Å². The fraction of sp³-hybridized carbons (Fsp3) is 0.571. The van der Waals surface area contributed by atoms with Gasteiger partial charge in [0.05, 0.1) is 5.60 Å². The highest BCUT2D eigenvalue weighted by Gasteiger charge is 2.33. The van der Waals surface area contributed by atoms with Gasteiger partial charge in [-0.25, -0.2) is 19.1 Å². The Morgan fingerprint density at radius 2 is 1.83 bits per heavy atom. The molecule has 0 aliphatic carbocycles. The van der Waals surface area contributed by atoms with Gasteiger partial charge in [0, 0.05) is 0 Å². The zero-order valence-corrected chi connectivity index (χ0v) is 13.9. The van der Waals surface area contributed by atoms with E-state index in [2.05, 4.69) is 4.98 Å². The van der Waals surface area contributed by atoms with Crippen molar-refractivity contribution in [2.75, 3.05) is 5.06 Å². The number of anilines is 1. The summed E-state index contributed by atoms with van der Waals surface area (Å²) in [7, 11) is 0. The first-order valence-corrected chi connectivity index (χ1v) is 6.78. The van der Waals surface area contributed by atoms with Crippen LogP contribution in [0.1, 0.15) is 47.2 Å². The number of hydrogen-bond donors (Lipinski definition) is 1. The van der Waals surface area contributed by atoms with Gasteiger partial charge in [0.1, 0.15) is 18.0 Å². The molecule has 1 heterocycles. The van der Waals surface area contributed by atoms with Crippen molar-refractivity contribution in [3.63, 3.8) is 0 Å². The lowest BCUT2D eigenvalue weighted by Gasteiger charge is -2.30. The minimum Gasteiger partial charge on any atom is -0.464 e. The van der Waals surface area contributed by atoms with Crippen LogP contribution in [0, 0.1) is 11.3 Å². The van der Waals surface area contributed by atoms with Crippen LogP contribution in [0.5, 0.6) is 0 Å². The maximum Gasteiger partial charge on any atom is 0.440 e. The molecule has 1 aromatic heterocycles. The first-order chi connectivity index (χ1) is 10.4. The van der Waals surface area contributed by atoms with Gasteiger partial charge >= 0.3 is 12.2 Å². The van der Waals surface area contributed by atoms with E-state index in [1.807, 2.05) is 0 Å². The van der Waals surface area contributed by atoms with Gasteiger partial charge < -0.3 is 9.84 Å². The highest BCUT2D eigenvalue weighted by molar-refractivity contribution is 5.87. The predicted molar refractivity (Wildman–Crippen MR) is 79.9 cm³/mol. The Bertz CT molecular complexity index is 646. The van der Waals surface area contributed by atoms with Crippen LogP contribution < -0.4 is 5.06 Å². The molecule has 0 atom stereocenters. The molecule has 126 valence electrons. The number of amides is 1. The summed E-state index contributed by atoms with van der Waals surface area (Å²) in [6.45, 7) is 10.1. The fourth-order valence-corrected chi connectivity index (χ4v) is 1.48. The SMILES string of the molecule is CC(C)(C)OC(=O)N(OC(C)(C)C)c1ncn(C(=O)O)c1C#N. The van der Waals surface area contributed by atoms with Crippen molar-refractivity contribution in [1.29, 1.82) is 5.26 Å². The number of nitrogens with zero attached hydrogens (tertiary/aromatic N) is 4. The molecule has 1 rings (SSSR count). The zero-order chi connectivity index (χ0) is 18.0. The van der Waals surface area contributed by atoms with E-state index in [4.69, 9.17) is 14.7 Å². The number of carbonyl (C=O) groups is 2. The van der Waals surface area contributed by atoms with E-state index in [1.165, 1.54) is 0 Å². The lowest BCUT2D eigenvalue weighted by atomic mass is 10.2. The van der Waals surface area contributed by atoms with Gasteiger partial charge in [-0.2, -0.15) is 5.26 Å². The number of hydroxylamine groups is 1. The summed E-state index contributed by atoms with van der Waals surface area (Å²) in [5.41, 5.74) is -1.97. The van der Waals surface area contributed by atoms with Crippen molar-refractivity contribution < 1.29 is 24.3 Å². The second kappa shape index (κ2) is 6.26. The second-order valence-electron chi connectivity index (χ2n) is 6.66. The van der Waals surface area contributed by atoms with Gasteiger partial charge in [0.2, 0.25) is 5.82 Å². The Morgan fingerprint density at radius 3 is 2.22 bits per heavy atom. The summed E-state index contributed by atoms with van der Waals surface area (Å²) in [5, 5.41) is 18.9. The number of rotatable bonds is 2. The molecule has 0 aliphatic heterocycles. The van der Waals surface area contributed by atoms with E-state index in [0.717, 1.165) is 6.33 Å². The Hall–Kier alpha value is -2.60. The van der Waals surface area contributed by atoms with Crippen molar-refractivity contribution in [3.05, 3.63) is 12.0 Å². The summed E-state index contributed by atoms with van der Waals surface area (Å²) in [6.07, 6.45) is -1.39. The zero-order valence-electron chi connectivity index (χ0n) is 13.9. The van der Waals surface area contributed by atoms with Gasteiger partial charge in [0.15, 0.2) is 5.69 Å². The third-order valence-corrected chi connectivity index (χ3v) is 2.18. The number of carboxylic acid groups (broad SMARTS) is 1. The third-order valence-electron chi connectivity index (χ3n) is 2.18. The molecule has 0 saturated carbocycles. The average Bonchev–Trinajstić information content (AvgIpc) is 2.76. The number of carbonyl (C=O) groups excluding carboxylic acids is 1. The molecule has 0 unspecified atom stereocenters. The highest BCUT2D eigenvalue weighted by atomic mass is 16.7. The first-order valence-electron chi connectivity index (χ1n) is 6.78. The standard InChI is InChI=1S/C14H20N4O5/c1-13(2,3)22-12(21)18(23-14(4,5)6)10-9(7-15)17(8-16-10)11(19)20/h8H,1-6H3,(H,19,20). The maximum absolute atomic E-state index is 12.4. The van der Waals surface area contributed by atoms with Crippen molar-refractivity contribution in [2.24, 2.45) is 0 Å². The molecule has 0 fully saturated rings. The van der Waals surface area contributed by atoms with E-state index in [1.54, 1.807) is 47.6 Å². The van der Waals surface area contributed by atoms with Crippen LogP contribution in [0.2, 0.25) is 0 Å². The van der Waals surface area contributed by atoms with Gasteiger partial charge in [-0.3, -0.25) is 4.84 Å². The Balaban J connectivity index is 3.34. The third kappa shape index (κ3) is 4.96. The Kier molecular flexibility index (Phi) is 5.02. The van der Waals surface area contributed by atoms with E-state index >= 15 is 0 Å². The van der Waals surface area contributed by atoms with Crippen molar-refractivity contribution in [3.8, 4) is 6.07 Å². The molecule has 9 nitrogen and oxygen atoms in total. The first kappa shape index (κ1) is 18.4. The predicted octanol–water partition coefficient (Wildman–Crippen LogP) is 2.75. The van der Waals surface area contributed by atoms with E-state index in [9.17, 15) is 14.9 Å². The summed E-state index contributed by atoms with van der Waals surface area (Å²) >= 11 is 0. The van der Waals surface area contributed by atoms with Crippen LogP contribution in [0.15, 0.2) is 6.33 Å². The van der Waals surface area contributed by atoms with Crippen LogP contribution in [-0.4, -0.2) is 38.0 Å². The van der Waals surface area contributed by atoms with Gasteiger partial charge in [-0.05, 0) is 41.5 Å². The molecule has 0 aliphatic rings. The van der Waals surface area contributed by atoms with Gasteiger partial charge in [-0.1, -0.05) is 0 Å². The minimum absolute atomic E-state index is 0.251. The normalized spacial score (nSPS) is 11.7. The molecule has 1 N–H and O–H groups in total. The van der Waals surface area contributed by atoms with E-state index < -0.39 is 23.4 Å². The van der Waals surface area contributed by atoms with Crippen LogP contribution in [-0.2, 0) is 9.57 Å². The quantitative estimate of drug-likeness (QED) is 0.831. The molecule has 0 radical (unpaired) electrons. The maximum atomic E-state index is 12.4. The molecule has 0 spiro atoms. The number of ether oxygens (including phenoxy) is 1. The van der Waals surface area contributed by atoms with Crippen LogP contribution in [0.25, 0.3) is 0 Å². The topological polar surface area (TPSA) is 118 Å². The highest BCUT2D eigenvalue weighted by Crippen LogP contribution is 2.24. The number of nitriles is 1. The lowest BCUT2D eigenvalue weighted by Crippen LogP contribution is -2.42. The summed E-state index contributed by atoms with van der Waals surface area (Å²) in [5.74, 6) is -0.251. The van der Waals surface area contributed by atoms with Crippen LogP contribution >= 0.6 is 0 Å². The molecule has 23 heavy (non-hydrogen) atoms. The average molecular weight is 324 g/mol. The largest absolute Gasteiger partial charge is 0.464 e. The summed E-state index contributed by atoms with van der Waals surface area (Å²) in [4.78, 5) is 32.8. The molecule has 0 bridgehead atoms. The summed E-state index contributed by atoms with van der Waals surface area (Å²) < 4.78 is 5.82. The number of imidazole rings is 1. The van der Waals surface area contributed by atoms with Crippen molar-refractivity contribution in [1.82, 2.24) is 9.55 Å². The molecular weight excluding hydrogens is 304 g/mol. The van der Waals surface area contributed by atoms with Crippen molar-refractivity contribution >= 4 is 18.0 Å².